The zero-order chi connectivity index (χ0) is 14.2. The predicted octanol–water partition coefficient (Wildman–Crippen LogP) is 2.22. The molecule has 0 aliphatic carbocycles. The third-order valence-electron chi connectivity index (χ3n) is 2.94. The van der Waals surface area contributed by atoms with Crippen LogP contribution in [0.15, 0.2) is 33.7 Å². The van der Waals surface area contributed by atoms with E-state index in [0.717, 1.165) is 5.56 Å². The van der Waals surface area contributed by atoms with Gasteiger partial charge in [-0.05, 0) is 19.1 Å². The van der Waals surface area contributed by atoms with Crippen molar-refractivity contribution < 1.29 is 9.21 Å². The van der Waals surface area contributed by atoms with E-state index >= 15 is 0 Å². The highest BCUT2D eigenvalue weighted by molar-refractivity contribution is 5.93. The molecule has 1 heterocycles. The minimum Gasteiger partial charge on any atom is -0.462 e. The van der Waals surface area contributed by atoms with Gasteiger partial charge in [-0.3, -0.25) is 9.69 Å². The molecule has 0 radical (unpaired) electrons. The Morgan fingerprint density at radius 2 is 1.89 bits per heavy atom. The van der Waals surface area contributed by atoms with Crippen molar-refractivity contribution >= 4 is 22.7 Å². The molecule has 0 unspecified atom stereocenters. The molecule has 2 amide bonds. The molecule has 0 aliphatic rings. The van der Waals surface area contributed by atoms with Gasteiger partial charge >= 0.3 is 6.03 Å². The minimum atomic E-state index is -0.278. The molecule has 1 aromatic heterocycles. The van der Waals surface area contributed by atoms with E-state index in [1.807, 2.05) is 13.0 Å². The maximum Gasteiger partial charge on any atom is 0.323 e. The number of carbonyl (C=O) groups is 1. The van der Waals surface area contributed by atoms with Gasteiger partial charge in [0.05, 0.1) is 5.39 Å². The van der Waals surface area contributed by atoms with Crippen LogP contribution in [0.2, 0.25) is 0 Å². The Hall–Kier alpha value is -2.30. The molecular formula is C14H16N2O3. The molecule has 0 atom stereocenters. The summed E-state index contributed by atoms with van der Waals surface area (Å²) in [4.78, 5) is 26.9. The Morgan fingerprint density at radius 3 is 2.53 bits per heavy atom. The molecule has 5 nitrogen and oxygen atoms in total. The molecule has 2 rings (SSSR count). The number of hydrogen-bond acceptors (Lipinski definition) is 3. The lowest BCUT2D eigenvalue weighted by atomic mass is 10.1. The fraction of sp³-hybridized carbons (Fsp3) is 0.286. The van der Waals surface area contributed by atoms with Crippen molar-refractivity contribution in [3.05, 3.63) is 40.2 Å². The van der Waals surface area contributed by atoms with Gasteiger partial charge in [0.1, 0.15) is 17.5 Å². The van der Waals surface area contributed by atoms with Gasteiger partial charge in [0.25, 0.3) is 0 Å². The molecule has 1 aromatic carbocycles. The Bertz CT molecular complexity index is 689. The van der Waals surface area contributed by atoms with Crippen LogP contribution in [-0.2, 0) is 0 Å². The Balaban J connectivity index is 2.60. The SMILES string of the molecule is Cc1ccc2occ(N(C)C(=O)N(C)C)c(=O)c2c1. The number of amides is 2. The predicted molar refractivity (Wildman–Crippen MR) is 74.7 cm³/mol. The minimum absolute atomic E-state index is 0.206. The maximum absolute atomic E-state index is 12.4. The van der Waals surface area contributed by atoms with Crippen LogP contribution in [0.25, 0.3) is 11.0 Å². The fourth-order valence-corrected chi connectivity index (χ4v) is 1.87. The summed E-state index contributed by atoms with van der Waals surface area (Å²) in [6.45, 7) is 1.90. The first-order valence-electron chi connectivity index (χ1n) is 5.89. The summed E-state index contributed by atoms with van der Waals surface area (Å²) in [6.07, 6.45) is 1.32. The Labute approximate surface area is 111 Å². The highest BCUT2D eigenvalue weighted by Crippen LogP contribution is 2.17. The second-order valence-corrected chi connectivity index (χ2v) is 4.69. The smallest absolute Gasteiger partial charge is 0.323 e. The largest absolute Gasteiger partial charge is 0.462 e. The van der Waals surface area contributed by atoms with Crippen molar-refractivity contribution in [1.82, 2.24) is 4.90 Å². The lowest BCUT2D eigenvalue weighted by Gasteiger charge is -2.20. The maximum atomic E-state index is 12.4. The lowest BCUT2D eigenvalue weighted by Crippen LogP contribution is -2.38. The van der Waals surface area contributed by atoms with Gasteiger partial charge in [-0.1, -0.05) is 11.6 Å². The molecule has 19 heavy (non-hydrogen) atoms. The molecule has 2 aromatic rings. The van der Waals surface area contributed by atoms with E-state index in [9.17, 15) is 9.59 Å². The van der Waals surface area contributed by atoms with Crippen LogP contribution in [-0.4, -0.2) is 32.1 Å². The second-order valence-electron chi connectivity index (χ2n) is 4.69. The zero-order valence-corrected chi connectivity index (χ0v) is 11.4. The topological polar surface area (TPSA) is 53.8 Å². The van der Waals surface area contributed by atoms with Crippen molar-refractivity contribution in [2.24, 2.45) is 0 Å². The summed E-state index contributed by atoms with van der Waals surface area (Å²) < 4.78 is 5.42. The second kappa shape index (κ2) is 4.76. The molecule has 5 heteroatoms. The van der Waals surface area contributed by atoms with E-state index < -0.39 is 0 Å². The number of carbonyl (C=O) groups excluding carboxylic acids is 1. The molecule has 0 aliphatic heterocycles. The zero-order valence-electron chi connectivity index (χ0n) is 11.4. The highest BCUT2D eigenvalue weighted by Gasteiger charge is 2.18. The van der Waals surface area contributed by atoms with Gasteiger partial charge in [0, 0.05) is 21.1 Å². The van der Waals surface area contributed by atoms with Crippen molar-refractivity contribution in [3.63, 3.8) is 0 Å². The number of fused-ring (bicyclic) bond motifs is 1. The van der Waals surface area contributed by atoms with Gasteiger partial charge in [-0.25, -0.2) is 4.79 Å². The van der Waals surface area contributed by atoms with E-state index in [4.69, 9.17) is 4.42 Å². The van der Waals surface area contributed by atoms with Crippen LogP contribution >= 0.6 is 0 Å². The molecule has 100 valence electrons. The van der Waals surface area contributed by atoms with Crippen molar-refractivity contribution in [2.45, 2.75) is 6.92 Å². The van der Waals surface area contributed by atoms with E-state index in [1.54, 1.807) is 33.3 Å². The first-order valence-corrected chi connectivity index (χ1v) is 5.89. The van der Waals surface area contributed by atoms with Crippen molar-refractivity contribution in [3.8, 4) is 0 Å². The summed E-state index contributed by atoms with van der Waals surface area (Å²) in [5.74, 6) is 0. The highest BCUT2D eigenvalue weighted by atomic mass is 16.3. The molecule has 0 saturated carbocycles. The third kappa shape index (κ3) is 2.31. The molecule has 0 saturated heterocycles. The summed E-state index contributed by atoms with van der Waals surface area (Å²) in [5.41, 5.74) is 1.52. The number of rotatable bonds is 1. The molecule has 0 bridgehead atoms. The number of hydrogen-bond donors (Lipinski definition) is 0. The van der Waals surface area contributed by atoms with E-state index in [-0.39, 0.29) is 17.1 Å². The van der Waals surface area contributed by atoms with Gasteiger partial charge in [0.2, 0.25) is 5.43 Å². The van der Waals surface area contributed by atoms with Crippen molar-refractivity contribution in [1.29, 1.82) is 0 Å². The number of nitrogens with zero attached hydrogens (tertiary/aromatic N) is 2. The lowest BCUT2D eigenvalue weighted by molar-refractivity contribution is 0.225. The van der Waals surface area contributed by atoms with E-state index in [1.165, 1.54) is 16.1 Å². The number of aryl methyl sites for hydroxylation is 1. The van der Waals surface area contributed by atoms with Crippen LogP contribution < -0.4 is 10.3 Å². The molecule has 0 fully saturated rings. The van der Waals surface area contributed by atoms with Gasteiger partial charge in [-0.2, -0.15) is 0 Å². The first kappa shape index (κ1) is 13.1. The van der Waals surface area contributed by atoms with Crippen LogP contribution in [0, 0.1) is 6.92 Å². The third-order valence-corrected chi connectivity index (χ3v) is 2.94. The van der Waals surface area contributed by atoms with Gasteiger partial charge in [-0.15, -0.1) is 0 Å². The van der Waals surface area contributed by atoms with Gasteiger partial charge in [0.15, 0.2) is 0 Å². The molecular weight excluding hydrogens is 244 g/mol. The van der Waals surface area contributed by atoms with Crippen LogP contribution in [0.3, 0.4) is 0 Å². The van der Waals surface area contributed by atoms with Crippen LogP contribution in [0.5, 0.6) is 0 Å². The molecule has 0 spiro atoms. The van der Waals surface area contributed by atoms with Crippen molar-refractivity contribution in [2.75, 3.05) is 26.0 Å². The Kier molecular flexibility index (Phi) is 3.29. The summed E-state index contributed by atoms with van der Waals surface area (Å²) in [7, 11) is 4.81. The first-order chi connectivity index (χ1) is 8.91. The summed E-state index contributed by atoms with van der Waals surface area (Å²) in [5, 5.41) is 0.482. The van der Waals surface area contributed by atoms with Crippen LogP contribution in [0.4, 0.5) is 10.5 Å². The summed E-state index contributed by atoms with van der Waals surface area (Å²) in [6, 6.07) is 5.11. The quantitative estimate of drug-likeness (QED) is 0.790. The molecule has 0 N–H and O–H groups in total. The van der Waals surface area contributed by atoms with Gasteiger partial charge < -0.3 is 9.32 Å². The van der Waals surface area contributed by atoms with E-state index in [2.05, 4.69) is 0 Å². The number of urea groups is 1. The number of benzene rings is 1. The fourth-order valence-electron chi connectivity index (χ4n) is 1.87. The normalized spacial score (nSPS) is 10.5. The monoisotopic (exact) mass is 260 g/mol. The average Bonchev–Trinajstić information content (AvgIpc) is 2.38. The van der Waals surface area contributed by atoms with E-state index in [0.29, 0.717) is 11.0 Å². The average molecular weight is 260 g/mol. The van der Waals surface area contributed by atoms with Crippen LogP contribution in [0.1, 0.15) is 5.56 Å². The Morgan fingerprint density at radius 1 is 1.21 bits per heavy atom. The number of anilines is 1. The summed E-state index contributed by atoms with van der Waals surface area (Å²) >= 11 is 0. The standard InChI is InChI=1S/C14H16N2O3/c1-9-5-6-12-10(7-9)13(17)11(8-19-12)16(4)14(18)15(2)3/h5-8H,1-4H3.